The predicted octanol–water partition coefficient (Wildman–Crippen LogP) is 3.04. The first kappa shape index (κ1) is 17.3. The van der Waals surface area contributed by atoms with Gasteiger partial charge in [-0.05, 0) is 56.8 Å². The predicted molar refractivity (Wildman–Crippen MR) is 96.3 cm³/mol. The van der Waals surface area contributed by atoms with Crippen LogP contribution in [0.3, 0.4) is 0 Å². The first-order valence-electron chi connectivity index (χ1n) is 9.35. The second kappa shape index (κ2) is 8.02. The number of carbonyl (C=O) groups is 1. The van der Waals surface area contributed by atoms with Gasteiger partial charge >= 0.3 is 0 Å². The van der Waals surface area contributed by atoms with Crippen LogP contribution < -0.4 is 10.1 Å². The summed E-state index contributed by atoms with van der Waals surface area (Å²) in [5.41, 5.74) is 1.03. The van der Waals surface area contributed by atoms with Crippen LogP contribution in [0.1, 0.15) is 44.6 Å². The van der Waals surface area contributed by atoms with Gasteiger partial charge in [-0.3, -0.25) is 4.79 Å². The minimum atomic E-state index is -0.146. The van der Waals surface area contributed by atoms with Gasteiger partial charge in [-0.15, -0.1) is 0 Å². The summed E-state index contributed by atoms with van der Waals surface area (Å²) in [6.45, 7) is 9.40. The quantitative estimate of drug-likeness (QED) is 0.872. The van der Waals surface area contributed by atoms with Crippen LogP contribution in [0.15, 0.2) is 24.3 Å². The fourth-order valence-electron chi connectivity index (χ4n) is 3.60. The van der Waals surface area contributed by atoms with Gasteiger partial charge in [0.05, 0.1) is 0 Å². The minimum Gasteiger partial charge on any atom is -0.492 e. The van der Waals surface area contributed by atoms with E-state index in [1.807, 2.05) is 24.3 Å². The lowest BCUT2D eigenvalue weighted by Gasteiger charge is -2.32. The van der Waals surface area contributed by atoms with Crippen molar-refractivity contribution < 1.29 is 9.53 Å². The van der Waals surface area contributed by atoms with Gasteiger partial charge in [0.1, 0.15) is 18.3 Å². The fourth-order valence-corrected chi connectivity index (χ4v) is 3.60. The van der Waals surface area contributed by atoms with E-state index in [0.717, 1.165) is 23.8 Å². The van der Waals surface area contributed by atoms with Crippen molar-refractivity contribution >= 4 is 5.91 Å². The minimum absolute atomic E-state index is 0.113. The molecule has 0 aliphatic carbocycles. The Morgan fingerprint density at radius 1 is 1.29 bits per heavy atom. The Kier molecular flexibility index (Phi) is 5.77. The van der Waals surface area contributed by atoms with Crippen molar-refractivity contribution in [2.24, 2.45) is 11.8 Å². The molecule has 4 heteroatoms. The fraction of sp³-hybridized carbons (Fsp3) is 0.650. The molecule has 0 radical (unpaired) electrons. The lowest BCUT2D eigenvalue weighted by molar-refractivity contribution is -0.123. The molecule has 1 amide bonds. The molecule has 2 aliphatic heterocycles. The number of rotatable bonds is 6. The molecule has 1 aromatic carbocycles. The van der Waals surface area contributed by atoms with Crippen LogP contribution in [0.25, 0.3) is 0 Å². The second-order valence-electron chi connectivity index (χ2n) is 7.61. The summed E-state index contributed by atoms with van der Waals surface area (Å²) >= 11 is 0. The Balaban J connectivity index is 1.40. The number of ether oxygens (including phenoxy) is 1. The maximum atomic E-state index is 12.5. The molecule has 0 saturated carbocycles. The van der Waals surface area contributed by atoms with Crippen molar-refractivity contribution in [2.45, 2.75) is 39.0 Å². The standard InChI is InChI=1S/C20H30N2O2/c1-15(2)7-10-22-11-8-16(9-12-22)13-21-20(23)18-14-24-19-6-4-3-5-17(18)19/h3-6,15-16,18H,7-14H2,1-2H3,(H,21,23). The number of amides is 1. The molecule has 2 aliphatic rings. The zero-order valence-corrected chi connectivity index (χ0v) is 15.0. The molecule has 1 unspecified atom stereocenters. The van der Waals surface area contributed by atoms with E-state index in [0.29, 0.717) is 12.5 Å². The van der Waals surface area contributed by atoms with Crippen LogP contribution >= 0.6 is 0 Å². The van der Waals surface area contributed by atoms with E-state index in [1.165, 1.54) is 38.9 Å². The van der Waals surface area contributed by atoms with Gasteiger partial charge in [-0.1, -0.05) is 32.0 Å². The third kappa shape index (κ3) is 4.29. The topological polar surface area (TPSA) is 41.6 Å². The Morgan fingerprint density at radius 2 is 2.04 bits per heavy atom. The number of hydrogen-bond acceptors (Lipinski definition) is 3. The smallest absolute Gasteiger partial charge is 0.231 e. The summed E-state index contributed by atoms with van der Waals surface area (Å²) in [6, 6.07) is 7.86. The van der Waals surface area contributed by atoms with Crippen molar-refractivity contribution in [1.82, 2.24) is 10.2 Å². The number of hydrogen-bond donors (Lipinski definition) is 1. The lowest BCUT2D eigenvalue weighted by atomic mass is 9.95. The highest BCUT2D eigenvalue weighted by molar-refractivity contribution is 5.85. The van der Waals surface area contributed by atoms with Crippen LogP contribution in [0, 0.1) is 11.8 Å². The second-order valence-corrected chi connectivity index (χ2v) is 7.61. The van der Waals surface area contributed by atoms with E-state index < -0.39 is 0 Å². The van der Waals surface area contributed by atoms with Crippen molar-refractivity contribution in [1.29, 1.82) is 0 Å². The number of fused-ring (bicyclic) bond motifs is 1. The Bertz CT molecular complexity index is 550. The van der Waals surface area contributed by atoms with Crippen molar-refractivity contribution in [3.63, 3.8) is 0 Å². The van der Waals surface area contributed by atoms with Gasteiger partial charge in [0.25, 0.3) is 0 Å². The van der Waals surface area contributed by atoms with Gasteiger partial charge in [-0.25, -0.2) is 0 Å². The first-order chi connectivity index (χ1) is 11.6. The van der Waals surface area contributed by atoms with Crippen LogP contribution in [-0.2, 0) is 4.79 Å². The SMILES string of the molecule is CC(C)CCN1CCC(CNC(=O)C2COc3ccccc32)CC1. The molecule has 2 heterocycles. The monoisotopic (exact) mass is 330 g/mol. The van der Waals surface area contributed by atoms with E-state index in [-0.39, 0.29) is 11.8 Å². The van der Waals surface area contributed by atoms with Gasteiger partial charge in [0.15, 0.2) is 0 Å². The Labute approximate surface area is 145 Å². The number of nitrogens with zero attached hydrogens (tertiary/aromatic N) is 1. The summed E-state index contributed by atoms with van der Waals surface area (Å²) in [7, 11) is 0. The molecule has 0 bridgehead atoms. The van der Waals surface area contributed by atoms with Crippen molar-refractivity contribution in [2.75, 3.05) is 32.8 Å². The Morgan fingerprint density at radius 3 is 2.79 bits per heavy atom. The zero-order chi connectivity index (χ0) is 16.9. The lowest BCUT2D eigenvalue weighted by Crippen LogP contribution is -2.40. The summed E-state index contributed by atoms with van der Waals surface area (Å²) in [6.07, 6.45) is 3.66. The number of piperidine rings is 1. The molecule has 132 valence electrons. The largest absolute Gasteiger partial charge is 0.492 e. The normalized spacial score (nSPS) is 21.5. The molecule has 0 spiro atoms. The molecule has 4 nitrogen and oxygen atoms in total. The summed E-state index contributed by atoms with van der Waals surface area (Å²) < 4.78 is 5.62. The van der Waals surface area contributed by atoms with Crippen LogP contribution in [-0.4, -0.2) is 43.6 Å². The molecule has 1 aromatic rings. The average molecular weight is 330 g/mol. The van der Waals surface area contributed by atoms with Crippen LogP contribution in [0.2, 0.25) is 0 Å². The van der Waals surface area contributed by atoms with E-state index in [4.69, 9.17) is 4.74 Å². The number of likely N-dealkylation sites (tertiary alicyclic amines) is 1. The van der Waals surface area contributed by atoms with Crippen molar-refractivity contribution in [3.05, 3.63) is 29.8 Å². The molecule has 1 saturated heterocycles. The Hall–Kier alpha value is -1.55. The van der Waals surface area contributed by atoms with Gasteiger partial charge < -0.3 is 15.0 Å². The molecule has 1 N–H and O–H groups in total. The van der Waals surface area contributed by atoms with Crippen molar-refractivity contribution in [3.8, 4) is 5.75 Å². The summed E-state index contributed by atoms with van der Waals surface area (Å²) in [5.74, 6) is 2.21. The van der Waals surface area contributed by atoms with E-state index >= 15 is 0 Å². The summed E-state index contributed by atoms with van der Waals surface area (Å²) in [5, 5.41) is 3.16. The maximum absolute atomic E-state index is 12.5. The van der Waals surface area contributed by atoms with E-state index in [2.05, 4.69) is 24.1 Å². The van der Waals surface area contributed by atoms with Crippen LogP contribution in [0.5, 0.6) is 5.75 Å². The zero-order valence-electron chi connectivity index (χ0n) is 15.0. The highest BCUT2D eigenvalue weighted by Gasteiger charge is 2.30. The van der Waals surface area contributed by atoms with E-state index in [1.54, 1.807) is 0 Å². The van der Waals surface area contributed by atoms with Gasteiger partial charge in [0.2, 0.25) is 5.91 Å². The van der Waals surface area contributed by atoms with E-state index in [9.17, 15) is 4.79 Å². The third-order valence-electron chi connectivity index (χ3n) is 5.31. The molecule has 24 heavy (non-hydrogen) atoms. The van der Waals surface area contributed by atoms with Gasteiger partial charge in [-0.2, -0.15) is 0 Å². The number of nitrogens with one attached hydrogen (secondary N) is 1. The number of para-hydroxylation sites is 1. The maximum Gasteiger partial charge on any atom is 0.231 e. The highest BCUT2D eigenvalue weighted by Crippen LogP contribution is 2.33. The number of carbonyl (C=O) groups excluding carboxylic acids is 1. The highest BCUT2D eigenvalue weighted by atomic mass is 16.5. The molecule has 1 atom stereocenters. The molecule has 3 rings (SSSR count). The summed E-state index contributed by atoms with van der Waals surface area (Å²) in [4.78, 5) is 15.1. The molecular weight excluding hydrogens is 300 g/mol. The first-order valence-corrected chi connectivity index (χ1v) is 9.35. The number of benzene rings is 1. The molecule has 0 aromatic heterocycles. The third-order valence-corrected chi connectivity index (χ3v) is 5.31. The molecule has 1 fully saturated rings. The van der Waals surface area contributed by atoms with Gasteiger partial charge in [0, 0.05) is 12.1 Å². The van der Waals surface area contributed by atoms with Crippen LogP contribution in [0.4, 0.5) is 0 Å². The average Bonchev–Trinajstić information content (AvgIpc) is 3.03. The molecular formula is C20H30N2O2.